The van der Waals surface area contributed by atoms with E-state index in [-0.39, 0.29) is 28.7 Å². The first-order valence-electron chi connectivity index (χ1n) is 12.5. The molecule has 2 atom stereocenters. The molecule has 1 aromatic carbocycles. The Bertz CT molecular complexity index is 833. The molecule has 0 N–H and O–H groups in total. The number of ether oxygens (including phenoxy) is 4. The average molecular weight is 462 g/mol. The second-order valence-electron chi connectivity index (χ2n) is 11.6. The summed E-state index contributed by atoms with van der Waals surface area (Å²) in [6, 6.07) is 6.33. The predicted molar refractivity (Wildman–Crippen MR) is 128 cm³/mol. The van der Waals surface area contributed by atoms with Crippen LogP contribution in [0.5, 0.6) is 5.75 Å². The lowest BCUT2D eigenvalue weighted by Gasteiger charge is -2.61. The Hall–Kier alpha value is -1.18. The van der Waals surface area contributed by atoms with Crippen molar-refractivity contribution in [1.29, 1.82) is 0 Å². The highest BCUT2D eigenvalue weighted by molar-refractivity contribution is 5.40. The van der Waals surface area contributed by atoms with Crippen LogP contribution in [0.1, 0.15) is 97.5 Å². The van der Waals surface area contributed by atoms with Crippen molar-refractivity contribution in [3.05, 3.63) is 29.3 Å². The van der Waals surface area contributed by atoms with E-state index in [1.807, 2.05) is 0 Å². The summed E-state index contributed by atoms with van der Waals surface area (Å²) in [6.07, 6.45) is 3.51. The number of benzene rings is 1. The smallest absolute Gasteiger partial charge is 0.172 e. The van der Waals surface area contributed by atoms with E-state index in [1.54, 1.807) is 7.11 Å². The van der Waals surface area contributed by atoms with E-state index in [1.165, 1.54) is 0 Å². The second-order valence-corrected chi connectivity index (χ2v) is 11.6. The van der Waals surface area contributed by atoms with Crippen LogP contribution >= 0.6 is 0 Å². The molecule has 2 unspecified atom stereocenters. The maximum absolute atomic E-state index is 6.83. The monoisotopic (exact) mass is 461 g/mol. The number of piperidine rings is 1. The Balaban J connectivity index is 1.60. The minimum atomic E-state index is -0.558. The van der Waals surface area contributed by atoms with E-state index in [0.29, 0.717) is 0 Å². The predicted octanol–water partition coefficient (Wildman–Crippen LogP) is 5.96. The first-order valence-corrected chi connectivity index (χ1v) is 12.5. The summed E-state index contributed by atoms with van der Waals surface area (Å²) in [4.78, 5) is 6.83. The van der Waals surface area contributed by atoms with Gasteiger partial charge in [0.15, 0.2) is 5.79 Å². The fourth-order valence-corrected chi connectivity index (χ4v) is 5.71. The summed E-state index contributed by atoms with van der Waals surface area (Å²) in [7, 11) is 1.72. The molecule has 0 radical (unpaired) electrons. The molecule has 0 saturated carbocycles. The average Bonchev–Trinajstić information content (AvgIpc) is 3.62. The maximum Gasteiger partial charge on any atom is 0.172 e. The molecule has 1 spiro atoms. The molecule has 6 heteroatoms. The van der Waals surface area contributed by atoms with Crippen molar-refractivity contribution in [2.75, 3.05) is 26.9 Å². The zero-order valence-corrected chi connectivity index (χ0v) is 21.8. The highest BCUT2D eigenvalue weighted by Crippen LogP contribution is 2.52. The van der Waals surface area contributed by atoms with Crippen molar-refractivity contribution in [3.8, 4) is 5.75 Å². The molecule has 0 amide bonds. The van der Waals surface area contributed by atoms with Gasteiger partial charge in [0.1, 0.15) is 18.0 Å². The number of nitrogens with zero attached hydrogens (tertiary/aromatic N) is 1. The van der Waals surface area contributed by atoms with Crippen LogP contribution in [0, 0.1) is 5.41 Å². The van der Waals surface area contributed by atoms with Gasteiger partial charge in [-0.2, -0.15) is 5.06 Å². The number of hydrogen-bond donors (Lipinski definition) is 0. The molecule has 0 bridgehead atoms. The van der Waals surface area contributed by atoms with Gasteiger partial charge < -0.3 is 18.9 Å². The van der Waals surface area contributed by atoms with Crippen LogP contribution < -0.4 is 4.74 Å². The first kappa shape index (κ1) is 24.9. The third-order valence-corrected chi connectivity index (χ3v) is 7.71. The Labute approximate surface area is 199 Å². The van der Waals surface area contributed by atoms with E-state index < -0.39 is 5.79 Å². The molecule has 3 aliphatic heterocycles. The molecule has 3 fully saturated rings. The summed E-state index contributed by atoms with van der Waals surface area (Å²) in [5.41, 5.74) is 1.80. The Morgan fingerprint density at radius 1 is 1.06 bits per heavy atom. The fraction of sp³-hybridized carbons (Fsp3) is 0.778. The van der Waals surface area contributed by atoms with Gasteiger partial charge in [-0.1, -0.05) is 39.8 Å². The molecular formula is C27H43NO5. The summed E-state index contributed by atoms with van der Waals surface area (Å²) in [5.74, 6) is 0.291. The fourth-order valence-electron chi connectivity index (χ4n) is 5.71. The van der Waals surface area contributed by atoms with Crippen LogP contribution in [-0.2, 0) is 19.0 Å². The Morgan fingerprint density at radius 2 is 1.70 bits per heavy atom. The second kappa shape index (κ2) is 8.80. The van der Waals surface area contributed by atoms with Crippen LogP contribution in [0.4, 0.5) is 0 Å². The normalized spacial score (nSPS) is 28.4. The molecular weight excluding hydrogens is 418 g/mol. The van der Waals surface area contributed by atoms with Gasteiger partial charge in [0.25, 0.3) is 0 Å². The lowest BCUT2D eigenvalue weighted by molar-refractivity contribution is -0.393. The van der Waals surface area contributed by atoms with Crippen molar-refractivity contribution < 1.29 is 23.8 Å². The Kier molecular flexibility index (Phi) is 6.64. The van der Waals surface area contributed by atoms with Crippen LogP contribution in [0.15, 0.2) is 18.2 Å². The lowest BCUT2D eigenvalue weighted by Crippen LogP contribution is -2.69. The van der Waals surface area contributed by atoms with Gasteiger partial charge in [-0.25, -0.2) is 0 Å². The number of methoxy groups -OCH3 is 1. The summed E-state index contributed by atoms with van der Waals surface area (Å²) < 4.78 is 24.2. The van der Waals surface area contributed by atoms with Crippen molar-refractivity contribution in [2.45, 2.75) is 103 Å². The van der Waals surface area contributed by atoms with E-state index in [9.17, 15) is 0 Å². The third kappa shape index (κ3) is 4.83. The van der Waals surface area contributed by atoms with E-state index >= 15 is 0 Å². The highest BCUT2D eigenvalue weighted by atomic mass is 16.7. The van der Waals surface area contributed by atoms with Crippen LogP contribution in [0.25, 0.3) is 0 Å². The maximum atomic E-state index is 6.83. The van der Waals surface area contributed by atoms with Gasteiger partial charge in [-0.05, 0) is 45.2 Å². The minimum Gasteiger partial charge on any atom is -0.496 e. The number of hydrogen-bond acceptors (Lipinski definition) is 6. The van der Waals surface area contributed by atoms with Crippen molar-refractivity contribution in [3.63, 3.8) is 0 Å². The van der Waals surface area contributed by atoms with Gasteiger partial charge in [-0.3, -0.25) is 4.84 Å². The molecule has 33 heavy (non-hydrogen) atoms. The van der Waals surface area contributed by atoms with E-state index in [2.05, 4.69) is 71.7 Å². The molecule has 1 aromatic rings. The number of epoxide rings is 1. The van der Waals surface area contributed by atoms with Crippen molar-refractivity contribution >= 4 is 0 Å². The van der Waals surface area contributed by atoms with E-state index in [4.69, 9.17) is 23.8 Å². The minimum absolute atomic E-state index is 0.0485. The molecule has 3 aliphatic rings. The lowest BCUT2D eigenvalue weighted by atomic mass is 9.72. The number of hydroxylamine groups is 2. The van der Waals surface area contributed by atoms with Crippen molar-refractivity contribution in [2.24, 2.45) is 5.41 Å². The third-order valence-electron chi connectivity index (χ3n) is 7.71. The molecule has 0 aliphatic carbocycles. The summed E-state index contributed by atoms with van der Waals surface area (Å²) in [6.45, 7) is 17.7. The van der Waals surface area contributed by atoms with E-state index in [0.717, 1.165) is 62.4 Å². The SMILES string of the molecule is CCC1(CC)CC2(CC(C)(C)N1OC(C)c1ccc(C3CO3)cc1OC)OCC(C)(C)CO2. The van der Waals surface area contributed by atoms with Gasteiger partial charge in [0, 0.05) is 29.4 Å². The molecule has 0 aromatic heterocycles. The zero-order valence-electron chi connectivity index (χ0n) is 21.8. The molecule has 4 rings (SSSR count). The van der Waals surface area contributed by atoms with Gasteiger partial charge >= 0.3 is 0 Å². The van der Waals surface area contributed by atoms with Crippen LogP contribution in [0.2, 0.25) is 0 Å². The van der Waals surface area contributed by atoms with Crippen LogP contribution in [0.3, 0.4) is 0 Å². The van der Waals surface area contributed by atoms with Gasteiger partial charge in [-0.15, -0.1) is 0 Å². The van der Waals surface area contributed by atoms with Gasteiger partial charge in [0.05, 0.1) is 32.5 Å². The molecule has 3 saturated heterocycles. The van der Waals surface area contributed by atoms with Crippen LogP contribution in [-0.4, -0.2) is 48.9 Å². The summed E-state index contributed by atoms with van der Waals surface area (Å²) >= 11 is 0. The largest absolute Gasteiger partial charge is 0.496 e. The molecule has 186 valence electrons. The Morgan fingerprint density at radius 3 is 2.24 bits per heavy atom. The first-order chi connectivity index (χ1) is 15.5. The highest BCUT2D eigenvalue weighted by Gasteiger charge is 2.59. The standard InChI is InChI=1S/C27H43NO5/c1-9-26(10-2)16-27(31-17-24(4,5)18-32-27)15-25(6,7)28(26)33-19(3)21-12-11-20(23-14-30-23)13-22(21)29-8/h11-13,19,23H,9-10,14-18H2,1-8H3. The quantitative estimate of drug-likeness (QED) is 0.467. The summed E-state index contributed by atoms with van der Waals surface area (Å²) in [5, 5.41) is 2.26. The topological polar surface area (TPSA) is 52.7 Å². The number of rotatable bonds is 7. The van der Waals surface area contributed by atoms with Gasteiger partial charge in [0.2, 0.25) is 0 Å². The molecule has 6 nitrogen and oxygen atoms in total. The molecule has 3 heterocycles. The van der Waals surface area contributed by atoms with Crippen molar-refractivity contribution in [1.82, 2.24) is 5.06 Å². The zero-order chi connectivity index (χ0) is 24.1.